The number of imidazole rings is 1. The Morgan fingerprint density at radius 1 is 1.36 bits per heavy atom. The number of rotatable bonds is 4. The van der Waals surface area contributed by atoms with Crippen molar-refractivity contribution in [3.63, 3.8) is 0 Å². The van der Waals surface area contributed by atoms with Gasteiger partial charge in [-0.25, -0.2) is 4.98 Å². The van der Waals surface area contributed by atoms with Crippen LogP contribution in [-0.4, -0.2) is 20.4 Å². The zero-order chi connectivity index (χ0) is 15.7. The zero-order valence-corrected chi connectivity index (χ0v) is 11.6. The van der Waals surface area contributed by atoms with Gasteiger partial charge >= 0.3 is 5.88 Å². The molecule has 3 rings (SSSR count). The van der Waals surface area contributed by atoms with E-state index >= 15 is 0 Å². The summed E-state index contributed by atoms with van der Waals surface area (Å²) < 4.78 is 6.72. The second kappa shape index (κ2) is 5.32. The molecule has 0 aliphatic heterocycles. The van der Waals surface area contributed by atoms with E-state index in [0.717, 1.165) is 17.1 Å². The molecule has 0 spiro atoms. The number of benzene rings is 1. The molecule has 3 aromatic rings. The molecule has 0 saturated heterocycles. The molecule has 0 unspecified atom stereocenters. The van der Waals surface area contributed by atoms with Crippen LogP contribution in [-0.2, 0) is 13.6 Å². The largest absolute Gasteiger partial charge is 0.433 e. The van der Waals surface area contributed by atoms with Crippen molar-refractivity contribution >= 4 is 22.8 Å². The van der Waals surface area contributed by atoms with Gasteiger partial charge in [0.25, 0.3) is 5.91 Å². The maximum Gasteiger partial charge on any atom is 0.433 e. The molecule has 2 heterocycles. The lowest BCUT2D eigenvalue weighted by Gasteiger charge is -2.03. The Morgan fingerprint density at radius 3 is 2.82 bits per heavy atom. The summed E-state index contributed by atoms with van der Waals surface area (Å²) >= 11 is 0. The van der Waals surface area contributed by atoms with Gasteiger partial charge in [0.15, 0.2) is 5.76 Å². The van der Waals surface area contributed by atoms with E-state index in [-0.39, 0.29) is 12.3 Å². The summed E-state index contributed by atoms with van der Waals surface area (Å²) in [5, 5.41) is 13.2. The molecule has 2 aromatic heterocycles. The van der Waals surface area contributed by atoms with Gasteiger partial charge in [-0.3, -0.25) is 14.9 Å². The number of carbonyl (C=O) groups is 1. The van der Waals surface area contributed by atoms with Crippen LogP contribution in [0.5, 0.6) is 0 Å². The molecule has 8 nitrogen and oxygen atoms in total. The molecule has 0 aliphatic carbocycles. The third-order valence-corrected chi connectivity index (χ3v) is 3.28. The van der Waals surface area contributed by atoms with Crippen LogP contribution < -0.4 is 5.32 Å². The van der Waals surface area contributed by atoms with Crippen molar-refractivity contribution in [3.8, 4) is 0 Å². The lowest BCUT2D eigenvalue weighted by molar-refractivity contribution is -0.402. The van der Waals surface area contributed by atoms with Crippen LogP contribution in [0.2, 0.25) is 0 Å². The normalized spacial score (nSPS) is 10.8. The number of nitro groups is 1. The minimum atomic E-state index is -0.692. The highest BCUT2D eigenvalue weighted by Gasteiger charge is 2.17. The molecular formula is C14H12N4O4. The number of aromatic nitrogens is 2. The standard InChI is InChI=1S/C14H12N4O4/c1-17-10-5-3-2-4-9(10)16-12(17)8-15-14(19)11-6-7-13(22-11)18(20)21/h2-7H,8H2,1H3,(H,15,19). The maximum absolute atomic E-state index is 11.9. The van der Waals surface area contributed by atoms with Crippen molar-refractivity contribution in [2.45, 2.75) is 6.54 Å². The first-order valence-corrected chi connectivity index (χ1v) is 6.49. The van der Waals surface area contributed by atoms with E-state index in [2.05, 4.69) is 10.3 Å². The number of fused-ring (bicyclic) bond motifs is 1. The quantitative estimate of drug-likeness (QED) is 0.586. The summed E-state index contributed by atoms with van der Waals surface area (Å²) in [5.74, 6) is -0.422. The summed E-state index contributed by atoms with van der Waals surface area (Å²) in [6.07, 6.45) is 0. The van der Waals surface area contributed by atoms with Gasteiger partial charge in [-0.05, 0) is 18.2 Å². The van der Waals surface area contributed by atoms with Gasteiger partial charge < -0.3 is 14.3 Å². The zero-order valence-electron chi connectivity index (χ0n) is 11.6. The molecule has 1 amide bonds. The first-order chi connectivity index (χ1) is 10.6. The molecule has 1 N–H and O–H groups in total. The van der Waals surface area contributed by atoms with E-state index in [9.17, 15) is 14.9 Å². The van der Waals surface area contributed by atoms with Crippen LogP contribution in [0.1, 0.15) is 16.4 Å². The number of nitrogens with zero attached hydrogens (tertiary/aromatic N) is 3. The molecule has 8 heteroatoms. The third kappa shape index (κ3) is 2.41. The number of nitrogens with one attached hydrogen (secondary N) is 1. The minimum Gasteiger partial charge on any atom is -0.395 e. The van der Waals surface area contributed by atoms with Crippen LogP contribution in [0.4, 0.5) is 5.88 Å². The highest BCUT2D eigenvalue weighted by atomic mass is 16.6. The molecule has 0 aliphatic rings. The first kappa shape index (κ1) is 13.8. The van der Waals surface area contributed by atoms with E-state index in [1.165, 1.54) is 6.07 Å². The predicted molar refractivity (Wildman–Crippen MR) is 77.2 cm³/mol. The Morgan fingerprint density at radius 2 is 2.14 bits per heavy atom. The van der Waals surface area contributed by atoms with Crippen LogP contribution in [0.15, 0.2) is 40.8 Å². The average molecular weight is 300 g/mol. The van der Waals surface area contributed by atoms with Gasteiger partial charge in [0, 0.05) is 7.05 Å². The van der Waals surface area contributed by atoms with Gasteiger partial charge in [0.2, 0.25) is 0 Å². The molecule has 0 fully saturated rings. The van der Waals surface area contributed by atoms with Gasteiger partial charge in [-0.1, -0.05) is 12.1 Å². The van der Waals surface area contributed by atoms with E-state index < -0.39 is 16.7 Å². The Kier molecular flexibility index (Phi) is 3.34. The fraction of sp³-hybridized carbons (Fsp3) is 0.143. The van der Waals surface area contributed by atoms with Gasteiger partial charge in [-0.2, -0.15) is 0 Å². The number of hydrogen-bond donors (Lipinski definition) is 1. The number of amides is 1. The van der Waals surface area contributed by atoms with Gasteiger partial charge in [-0.15, -0.1) is 0 Å². The van der Waals surface area contributed by atoms with Crippen molar-refractivity contribution in [2.24, 2.45) is 7.05 Å². The maximum atomic E-state index is 11.9. The summed E-state index contributed by atoms with van der Waals surface area (Å²) in [7, 11) is 1.86. The topological polar surface area (TPSA) is 103 Å². The van der Waals surface area contributed by atoms with Crippen molar-refractivity contribution < 1.29 is 14.1 Å². The summed E-state index contributed by atoms with van der Waals surface area (Å²) in [4.78, 5) is 26.2. The highest BCUT2D eigenvalue weighted by molar-refractivity contribution is 5.91. The Bertz CT molecular complexity index is 865. The molecule has 112 valence electrons. The van der Waals surface area contributed by atoms with Gasteiger partial charge in [0.1, 0.15) is 10.7 Å². The minimum absolute atomic E-state index is 0.106. The summed E-state index contributed by atoms with van der Waals surface area (Å²) in [5.41, 5.74) is 1.79. The van der Waals surface area contributed by atoms with E-state index in [1.54, 1.807) is 0 Å². The number of aryl methyl sites for hydroxylation is 1. The Hall–Kier alpha value is -3.16. The molecular weight excluding hydrogens is 288 g/mol. The first-order valence-electron chi connectivity index (χ1n) is 6.49. The second-order valence-electron chi connectivity index (χ2n) is 4.65. The highest BCUT2D eigenvalue weighted by Crippen LogP contribution is 2.16. The van der Waals surface area contributed by atoms with E-state index in [4.69, 9.17) is 4.42 Å². The SMILES string of the molecule is Cn1c(CNC(=O)c2ccc([N+](=O)[O-])o2)nc2ccccc21. The molecule has 0 radical (unpaired) electrons. The summed E-state index contributed by atoms with van der Waals surface area (Å²) in [6, 6.07) is 10.0. The van der Waals surface area contributed by atoms with E-state index in [0.29, 0.717) is 5.82 Å². The second-order valence-corrected chi connectivity index (χ2v) is 4.65. The average Bonchev–Trinajstić information content (AvgIpc) is 3.11. The van der Waals surface area contributed by atoms with Gasteiger partial charge in [0.05, 0.1) is 23.6 Å². The molecule has 0 bridgehead atoms. The number of carbonyl (C=O) groups excluding carboxylic acids is 1. The summed E-state index contributed by atoms with van der Waals surface area (Å²) in [6.45, 7) is 0.193. The van der Waals surface area contributed by atoms with Crippen LogP contribution in [0, 0.1) is 10.1 Å². The molecule has 22 heavy (non-hydrogen) atoms. The number of furan rings is 1. The Balaban J connectivity index is 1.74. The van der Waals surface area contributed by atoms with Crippen LogP contribution >= 0.6 is 0 Å². The number of para-hydroxylation sites is 2. The lowest BCUT2D eigenvalue weighted by atomic mass is 10.3. The van der Waals surface area contributed by atoms with Crippen LogP contribution in [0.3, 0.4) is 0 Å². The van der Waals surface area contributed by atoms with Crippen molar-refractivity contribution in [1.29, 1.82) is 0 Å². The fourth-order valence-electron chi connectivity index (χ4n) is 2.15. The monoisotopic (exact) mass is 300 g/mol. The lowest BCUT2D eigenvalue weighted by Crippen LogP contribution is -2.23. The van der Waals surface area contributed by atoms with E-state index in [1.807, 2.05) is 35.9 Å². The predicted octanol–water partition coefficient (Wildman–Crippen LogP) is 2.00. The smallest absolute Gasteiger partial charge is 0.395 e. The molecule has 1 aromatic carbocycles. The third-order valence-electron chi connectivity index (χ3n) is 3.28. The fourth-order valence-corrected chi connectivity index (χ4v) is 2.15. The molecule has 0 atom stereocenters. The van der Waals surface area contributed by atoms with Crippen molar-refractivity contribution in [3.05, 3.63) is 58.1 Å². The molecule has 0 saturated carbocycles. The van der Waals surface area contributed by atoms with Crippen molar-refractivity contribution in [2.75, 3.05) is 0 Å². The Labute approximate surface area is 124 Å². The number of hydrogen-bond acceptors (Lipinski definition) is 5. The van der Waals surface area contributed by atoms with Crippen molar-refractivity contribution in [1.82, 2.24) is 14.9 Å². The van der Waals surface area contributed by atoms with Crippen LogP contribution in [0.25, 0.3) is 11.0 Å².